The zero-order valence-electron chi connectivity index (χ0n) is 10.4. The van der Waals surface area contributed by atoms with Crippen molar-refractivity contribution in [1.82, 2.24) is 9.55 Å². The maximum Gasteiger partial charge on any atom is 0.356 e. The molecule has 0 bridgehead atoms. The van der Waals surface area contributed by atoms with Crippen LogP contribution >= 0.6 is 0 Å². The Morgan fingerprint density at radius 1 is 1.53 bits per heavy atom. The SMILES string of the molecule is CC(C)(CN)c1nc(C(=O)O)c2n1CCCC2. The third kappa shape index (κ3) is 1.95. The number of nitrogens with two attached hydrogens (primary N) is 1. The summed E-state index contributed by atoms with van der Waals surface area (Å²) < 4.78 is 2.06. The summed E-state index contributed by atoms with van der Waals surface area (Å²) in [7, 11) is 0. The van der Waals surface area contributed by atoms with Gasteiger partial charge in [-0.05, 0) is 19.3 Å². The highest BCUT2D eigenvalue weighted by molar-refractivity contribution is 5.87. The Bertz CT molecular complexity index is 449. The molecule has 5 nitrogen and oxygen atoms in total. The fourth-order valence-corrected chi connectivity index (χ4v) is 2.32. The van der Waals surface area contributed by atoms with Crippen LogP contribution in [-0.4, -0.2) is 27.2 Å². The van der Waals surface area contributed by atoms with Gasteiger partial charge in [0.25, 0.3) is 0 Å². The third-order valence-corrected chi connectivity index (χ3v) is 3.44. The van der Waals surface area contributed by atoms with E-state index in [9.17, 15) is 9.90 Å². The number of carboxylic acid groups (broad SMARTS) is 1. The Balaban J connectivity index is 2.57. The van der Waals surface area contributed by atoms with Crippen LogP contribution < -0.4 is 5.73 Å². The topological polar surface area (TPSA) is 81.1 Å². The molecule has 0 fully saturated rings. The molecule has 1 aromatic rings. The normalized spacial score (nSPS) is 15.7. The van der Waals surface area contributed by atoms with Crippen molar-refractivity contribution in [1.29, 1.82) is 0 Å². The molecule has 0 saturated heterocycles. The largest absolute Gasteiger partial charge is 0.476 e. The molecule has 1 aliphatic heterocycles. The van der Waals surface area contributed by atoms with Crippen LogP contribution in [0.25, 0.3) is 0 Å². The zero-order valence-corrected chi connectivity index (χ0v) is 10.4. The Morgan fingerprint density at radius 2 is 2.24 bits per heavy atom. The first-order valence-electron chi connectivity index (χ1n) is 6.00. The zero-order chi connectivity index (χ0) is 12.6. The van der Waals surface area contributed by atoms with E-state index in [-0.39, 0.29) is 11.1 Å². The third-order valence-electron chi connectivity index (χ3n) is 3.44. The van der Waals surface area contributed by atoms with Crippen LogP contribution in [0.3, 0.4) is 0 Å². The summed E-state index contributed by atoms with van der Waals surface area (Å²) in [5, 5.41) is 9.19. The lowest BCUT2D eigenvalue weighted by molar-refractivity contribution is 0.0689. The second kappa shape index (κ2) is 4.14. The summed E-state index contributed by atoms with van der Waals surface area (Å²) in [6.45, 7) is 5.32. The molecule has 0 unspecified atom stereocenters. The first-order chi connectivity index (χ1) is 7.97. The van der Waals surface area contributed by atoms with Crippen LogP contribution in [0.5, 0.6) is 0 Å². The molecule has 94 valence electrons. The fraction of sp³-hybridized carbons (Fsp3) is 0.667. The van der Waals surface area contributed by atoms with Crippen molar-refractivity contribution in [3.8, 4) is 0 Å². The molecule has 0 amide bonds. The lowest BCUT2D eigenvalue weighted by Crippen LogP contribution is -2.32. The van der Waals surface area contributed by atoms with Crippen LogP contribution in [0.4, 0.5) is 0 Å². The van der Waals surface area contributed by atoms with E-state index >= 15 is 0 Å². The van der Waals surface area contributed by atoms with Crippen molar-refractivity contribution < 1.29 is 9.90 Å². The predicted molar refractivity (Wildman–Crippen MR) is 64.2 cm³/mol. The Hall–Kier alpha value is -1.36. The van der Waals surface area contributed by atoms with Crippen molar-refractivity contribution in [2.45, 2.75) is 45.1 Å². The number of nitrogens with zero attached hydrogens (tertiary/aromatic N) is 2. The molecular formula is C12H19N3O2. The summed E-state index contributed by atoms with van der Waals surface area (Å²) in [5.41, 5.74) is 6.55. The van der Waals surface area contributed by atoms with Gasteiger partial charge in [0.1, 0.15) is 5.82 Å². The number of rotatable bonds is 3. The summed E-state index contributed by atoms with van der Waals surface area (Å²) in [6, 6.07) is 0. The van der Waals surface area contributed by atoms with Gasteiger partial charge in [0.15, 0.2) is 5.69 Å². The molecule has 0 aliphatic carbocycles. The lowest BCUT2D eigenvalue weighted by atomic mass is 9.92. The van der Waals surface area contributed by atoms with E-state index in [1.165, 1.54) is 0 Å². The minimum Gasteiger partial charge on any atom is -0.476 e. The number of hydrogen-bond donors (Lipinski definition) is 2. The van der Waals surface area contributed by atoms with Gasteiger partial charge in [-0.3, -0.25) is 0 Å². The molecule has 0 saturated carbocycles. The molecule has 2 heterocycles. The Kier molecular flexibility index (Phi) is 2.95. The number of aromatic nitrogens is 2. The van der Waals surface area contributed by atoms with E-state index in [1.807, 2.05) is 13.8 Å². The van der Waals surface area contributed by atoms with Gasteiger partial charge in [0.2, 0.25) is 0 Å². The standard InChI is InChI=1S/C12H19N3O2/c1-12(2,7-13)11-14-9(10(16)17)8-5-3-4-6-15(8)11/h3-7,13H2,1-2H3,(H,16,17). The van der Waals surface area contributed by atoms with Crippen LogP contribution in [0.2, 0.25) is 0 Å². The van der Waals surface area contributed by atoms with Gasteiger partial charge in [0, 0.05) is 18.5 Å². The Labute approximate surface area is 101 Å². The van der Waals surface area contributed by atoms with Crippen LogP contribution in [0, 0.1) is 0 Å². The molecule has 0 radical (unpaired) electrons. The number of hydrogen-bond acceptors (Lipinski definition) is 3. The highest BCUT2D eigenvalue weighted by atomic mass is 16.4. The molecule has 1 aliphatic rings. The smallest absolute Gasteiger partial charge is 0.356 e. The van der Waals surface area contributed by atoms with Crippen molar-refractivity contribution in [2.75, 3.05) is 6.54 Å². The molecule has 17 heavy (non-hydrogen) atoms. The Morgan fingerprint density at radius 3 is 2.82 bits per heavy atom. The highest BCUT2D eigenvalue weighted by Gasteiger charge is 2.31. The van der Waals surface area contributed by atoms with E-state index in [0.717, 1.165) is 37.3 Å². The van der Waals surface area contributed by atoms with Crippen molar-refractivity contribution >= 4 is 5.97 Å². The fourth-order valence-electron chi connectivity index (χ4n) is 2.32. The number of fused-ring (bicyclic) bond motifs is 1. The van der Waals surface area contributed by atoms with E-state index in [2.05, 4.69) is 9.55 Å². The average molecular weight is 237 g/mol. The molecule has 1 aromatic heterocycles. The minimum absolute atomic E-state index is 0.209. The highest BCUT2D eigenvalue weighted by Crippen LogP contribution is 2.28. The van der Waals surface area contributed by atoms with E-state index in [4.69, 9.17) is 5.73 Å². The van der Waals surface area contributed by atoms with Crippen LogP contribution in [-0.2, 0) is 18.4 Å². The van der Waals surface area contributed by atoms with Crippen molar-refractivity contribution in [2.24, 2.45) is 5.73 Å². The monoisotopic (exact) mass is 237 g/mol. The van der Waals surface area contributed by atoms with Crippen molar-refractivity contribution in [3.63, 3.8) is 0 Å². The number of carbonyl (C=O) groups is 1. The lowest BCUT2D eigenvalue weighted by Gasteiger charge is -2.25. The van der Waals surface area contributed by atoms with Gasteiger partial charge in [-0.15, -0.1) is 0 Å². The number of imidazole rings is 1. The molecule has 0 aromatic carbocycles. The summed E-state index contributed by atoms with van der Waals surface area (Å²) in [6.07, 6.45) is 2.92. The molecule has 5 heteroatoms. The first-order valence-corrected chi connectivity index (χ1v) is 6.00. The maximum atomic E-state index is 11.2. The molecule has 2 rings (SSSR count). The quantitative estimate of drug-likeness (QED) is 0.826. The second-order valence-corrected chi connectivity index (χ2v) is 5.23. The molecule has 0 atom stereocenters. The minimum atomic E-state index is -0.935. The number of aromatic carboxylic acids is 1. The second-order valence-electron chi connectivity index (χ2n) is 5.23. The predicted octanol–water partition coefficient (Wildman–Crippen LogP) is 1.15. The van der Waals surface area contributed by atoms with E-state index in [0.29, 0.717) is 6.54 Å². The van der Waals surface area contributed by atoms with Crippen molar-refractivity contribution in [3.05, 3.63) is 17.2 Å². The molecule has 0 spiro atoms. The van der Waals surface area contributed by atoms with Crippen LogP contribution in [0.15, 0.2) is 0 Å². The van der Waals surface area contributed by atoms with Gasteiger partial charge >= 0.3 is 5.97 Å². The van der Waals surface area contributed by atoms with Gasteiger partial charge in [-0.2, -0.15) is 0 Å². The van der Waals surface area contributed by atoms with Gasteiger partial charge < -0.3 is 15.4 Å². The van der Waals surface area contributed by atoms with Gasteiger partial charge in [-0.1, -0.05) is 13.8 Å². The average Bonchev–Trinajstić information content (AvgIpc) is 2.69. The van der Waals surface area contributed by atoms with E-state index < -0.39 is 5.97 Å². The number of carboxylic acids is 1. The van der Waals surface area contributed by atoms with E-state index in [1.54, 1.807) is 0 Å². The molecular weight excluding hydrogens is 218 g/mol. The van der Waals surface area contributed by atoms with Gasteiger partial charge in [-0.25, -0.2) is 9.78 Å². The summed E-state index contributed by atoms with van der Waals surface area (Å²) >= 11 is 0. The molecule has 3 N–H and O–H groups in total. The van der Waals surface area contributed by atoms with Crippen LogP contribution in [0.1, 0.15) is 48.7 Å². The maximum absolute atomic E-state index is 11.2. The summed E-state index contributed by atoms with van der Waals surface area (Å²) in [4.78, 5) is 15.5. The summed E-state index contributed by atoms with van der Waals surface area (Å²) in [5.74, 6) is -0.123. The first kappa shape index (κ1) is 12.1. The van der Waals surface area contributed by atoms with Gasteiger partial charge in [0.05, 0.1) is 5.69 Å².